The number of pyridine rings is 3. The van der Waals surface area contributed by atoms with Crippen LogP contribution in [-0.2, 0) is 0 Å². The first-order valence-corrected chi connectivity index (χ1v) is 9.52. The van der Waals surface area contributed by atoms with E-state index in [1.807, 2.05) is 54.7 Å². The van der Waals surface area contributed by atoms with Crippen LogP contribution in [-0.4, -0.2) is 35.1 Å². The average molecular weight is 389 g/mol. The Morgan fingerprint density at radius 1 is 0.767 bits per heavy atom. The van der Waals surface area contributed by atoms with Gasteiger partial charge in [0.05, 0.1) is 34.1 Å². The lowest BCUT2D eigenvalue weighted by molar-refractivity contribution is 1.10. The third-order valence-corrected chi connectivity index (χ3v) is 5.08. The Balaban J connectivity index is 1.52. The lowest BCUT2D eigenvalue weighted by atomic mass is 10.1. The van der Waals surface area contributed by atoms with Gasteiger partial charge in [0.25, 0.3) is 0 Å². The summed E-state index contributed by atoms with van der Waals surface area (Å²) in [6, 6.07) is 17.8. The summed E-state index contributed by atoms with van der Waals surface area (Å²) in [6.45, 7) is 0. The number of hydrogen-bond donors (Lipinski definition) is 2. The van der Waals surface area contributed by atoms with Crippen LogP contribution in [0.25, 0.3) is 56.0 Å². The highest BCUT2D eigenvalue weighted by atomic mass is 15.1. The van der Waals surface area contributed by atoms with E-state index in [0.29, 0.717) is 5.82 Å². The van der Waals surface area contributed by atoms with Gasteiger partial charge < -0.3 is 4.98 Å². The largest absolute Gasteiger partial charge is 0.337 e. The van der Waals surface area contributed by atoms with Gasteiger partial charge in [-0.1, -0.05) is 24.3 Å². The van der Waals surface area contributed by atoms with Gasteiger partial charge in [-0.25, -0.2) is 4.98 Å². The van der Waals surface area contributed by atoms with E-state index in [4.69, 9.17) is 4.98 Å². The van der Waals surface area contributed by atoms with Crippen molar-refractivity contribution in [3.05, 3.63) is 79.4 Å². The van der Waals surface area contributed by atoms with Gasteiger partial charge in [-0.2, -0.15) is 5.10 Å². The van der Waals surface area contributed by atoms with Gasteiger partial charge in [0.2, 0.25) is 0 Å². The number of H-pyrrole nitrogens is 2. The molecule has 0 aliphatic heterocycles. The Morgan fingerprint density at radius 3 is 2.63 bits per heavy atom. The zero-order valence-electron chi connectivity index (χ0n) is 15.7. The third kappa shape index (κ3) is 2.64. The van der Waals surface area contributed by atoms with Crippen LogP contribution in [0, 0.1) is 0 Å². The Hall–Kier alpha value is -4.39. The van der Waals surface area contributed by atoms with Crippen molar-refractivity contribution in [2.45, 2.75) is 0 Å². The van der Waals surface area contributed by atoms with Gasteiger partial charge in [0.15, 0.2) is 5.82 Å². The van der Waals surface area contributed by atoms with E-state index < -0.39 is 0 Å². The van der Waals surface area contributed by atoms with Crippen LogP contribution in [0.2, 0.25) is 0 Å². The summed E-state index contributed by atoms with van der Waals surface area (Å²) in [5.74, 6) is 0.700. The van der Waals surface area contributed by atoms with Crippen LogP contribution in [0.3, 0.4) is 0 Å². The van der Waals surface area contributed by atoms with Gasteiger partial charge in [0.1, 0.15) is 5.69 Å². The summed E-state index contributed by atoms with van der Waals surface area (Å²) in [5.41, 5.74) is 7.08. The molecule has 0 unspecified atom stereocenters. The van der Waals surface area contributed by atoms with Crippen LogP contribution < -0.4 is 0 Å². The number of nitrogens with zero attached hydrogens (tertiary/aromatic N) is 5. The molecule has 142 valence electrons. The van der Waals surface area contributed by atoms with E-state index in [0.717, 1.165) is 50.1 Å². The standard InChI is InChI=1S/C23H15N7/c1-2-10-25-17(7-1)19-11-16-20(13-26-19)29-30-22(16)23-27-18-8-3-6-15(21(18)28-23)14-5-4-9-24-12-14/h1-13H,(H,27,28)(H,29,30). The number of aromatic amines is 2. The average Bonchev–Trinajstić information content (AvgIpc) is 3.43. The predicted molar refractivity (Wildman–Crippen MR) is 115 cm³/mol. The second-order valence-corrected chi connectivity index (χ2v) is 6.93. The van der Waals surface area contributed by atoms with Crippen molar-refractivity contribution in [2.24, 2.45) is 0 Å². The highest BCUT2D eigenvalue weighted by Gasteiger charge is 2.16. The molecule has 0 spiro atoms. The topological polar surface area (TPSA) is 96.0 Å². The maximum absolute atomic E-state index is 4.88. The number of imidazole rings is 1. The van der Waals surface area contributed by atoms with Crippen molar-refractivity contribution in [2.75, 3.05) is 0 Å². The Labute approximate surface area is 170 Å². The summed E-state index contributed by atoms with van der Waals surface area (Å²) in [7, 11) is 0. The minimum Gasteiger partial charge on any atom is -0.337 e. The molecule has 0 atom stereocenters. The number of hydrogen-bond acceptors (Lipinski definition) is 5. The molecule has 5 heterocycles. The Morgan fingerprint density at radius 2 is 1.77 bits per heavy atom. The maximum Gasteiger partial charge on any atom is 0.159 e. The third-order valence-electron chi connectivity index (χ3n) is 5.08. The molecule has 0 bridgehead atoms. The lowest BCUT2D eigenvalue weighted by Gasteiger charge is -2.01. The predicted octanol–water partition coefficient (Wildman–Crippen LogP) is 4.63. The molecule has 1 aromatic carbocycles. The van der Waals surface area contributed by atoms with Gasteiger partial charge in [-0.3, -0.25) is 20.1 Å². The smallest absolute Gasteiger partial charge is 0.159 e. The van der Waals surface area contributed by atoms with E-state index in [9.17, 15) is 0 Å². The fourth-order valence-corrected chi connectivity index (χ4v) is 3.65. The summed E-state index contributed by atoms with van der Waals surface area (Å²) in [4.78, 5) is 21.4. The number of benzene rings is 1. The Kier molecular flexibility index (Phi) is 3.64. The monoisotopic (exact) mass is 389 g/mol. The van der Waals surface area contributed by atoms with E-state index in [-0.39, 0.29) is 0 Å². The molecule has 0 aliphatic carbocycles. The van der Waals surface area contributed by atoms with Gasteiger partial charge in [-0.15, -0.1) is 0 Å². The zero-order chi connectivity index (χ0) is 19.9. The van der Waals surface area contributed by atoms with Gasteiger partial charge in [-0.05, 0) is 30.3 Å². The number of rotatable bonds is 3. The summed E-state index contributed by atoms with van der Waals surface area (Å²) < 4.78 is 0. The van der Waals surface area contributed by atoms with Crippen molar-refractivity contribution < 1.29 is 0 Å². The minimum absolute atomic E-state index is 0.700. The SMILES string of the molecule is c1ccc(-c2cc3c(-c4nc5c(-c6cccnc6)cccc5[nH]4)n[nH]c3cn2)nc1. The summed E-state index contributed by atoms with van der Waals surface area (Å²) in [6.07, 6.45) is 7.15. The van der Waals surface area contributed by atoms with Crippen LogP contribution in [0.15, 0.2) is 79.4 Å². The van der Waals surface area contributed by atoms with Crippen molar-refractivity contribution in [3.63, 3.8) is 0 Å². The van der Waals surface area contributed by atoms with Crippen molar-refractivity contribution in [3.8, 4) is 34.0 Å². The zero-order valence-corrected chi connectivity index (χ0v) is 15.7. The number of para-hydroxylation sites is 1. The molecule has 0 aliphatic rings. The van der Waals surface area contributed by atoms with Crippen LogP contribution in [0.5, 0.6) is 0 Å². The van der Waals surface area contributed by atoms with Gasteiger partial charge in [0, 0.05) is 35.1 Å². The number of aromatic nitrogens is 7. The molecule has 6 rings (SSSR count). The highest BCUT2D eigenvalue weighted by molar-refractivity contribution is 5.97. The number of nitrogens with one attached hydrogen (secondary N) is 2. The first-order chi connectivity index (χ1) is 14.9. The first-order valence-electron chi connectivity index (χ1n) is 9.52. The molecule has 0 saturated carbocycles. The molecule has 7 heteroatoms. The van der Waals surface area contributed by atoms with E-state index in [1.54, 1.807) is 18.6 Å². The van der Waals surface area contributed by atoms with Crippen molar-refractivity contribution in [1.29, 1.82) is 0 Å². The van der Waals surface area contributed by atoms with Crippen LogP contribution in [0.1, 0.15) is 0 Å². The van der Waals surface area contributed by atoms with Crippen molar-refractivity contribution >= 4 is 21.9 Å². The first kappa shape index (κ1) is 16.6. The fourth-order valence-electron chi connectivity index (χ4n) is 3.65. The molecule has 0 fully saturated rings. The molecular formula is C23H15N7. The quantitative estimate of drug-likeness (QED) is 0.460. The normalized spacial score (nSPS) is 11.3. The van der Waals surface area contributed by atoms with E-state index in [2.05, 4.69) is 36.2 Å². The molecule has 30 heavy (non-hydrogen) atoms. The molecule has 7 nitrogen and oxygen atoms in total. The molecule has 0 amide bonds. The van der Waals surface area contributed by atoms with Crippen LogP contribution in [0.4, 0.5) is 0 Å². The second kappa shape index (κ2) is 6.59. The second-order valence-electron chi connectivity index (χ2n) is 6.93. The molecule has 2 N–H and O–H groups in total. The summed E-state index contributed by atoms with van der Waals surface area (Å²) >= 11 is 0. The van der Waals surface area contributed by atoms with E-state index in [1.165, 1.54) is 0 Å². The highest BCUT2D eigenvalue weighted by Crippen LogP contribution is 2.31. The number of fused-ring (bicyclic) bond motifs is 2. The maximum atomic E-state index is 4.88. The molecular weight excluding hydrogens is 374 g/mol. The molecule has 0 radical (unpaired) electrons. The van der Waals surface area contributed by atoms with Crippen molar-refractivity contribution in [1.82, 2.24) is 35.1 Å². The molecule has 5 aromatic heterocycles. The minimum atomic E-state index is 0.700. The van der Waals surface area contributed by atoms with Crippen LogP contribution >= 0.6 is 0 Å². The lowest BCUT2D eigenvalue weighted by Crippen LogP contribution is -1.87. The molecule has 0 saturated heterocycles. The molecule has 6 aromatic rings. The van der Waals surface area contributed by atoms with Gasteiger partial charge >= 0.3 is 0 Å². The fraction of sp³-hybridized carbons (Fsp3) is 0. The van der Waals surface area contributed by atoms with E-state index >= 15 is 0 Å². The summed E-state index contributed by atoms with van der Waals surface area (Å²) in [5, 5.41) is 8.50. The Bertz CT molecular complexity index is 1480.